The standard InChI is InChI=1S/C18H23N5OS/c1-3-23(4-2)11-7-10-19-18-20-17(24)16(21-22-18)14-12-25-15-9-6-5-8-13(14)15/h5-6,8-9,12H,3-4,7,10-11H2,1-2H3,(H2,19,20,22,24). The first kappa shape index (κ1) is 17.6. The Labute approximate surface area is 150 Å². The maximum atomic E-state index is 12.4. The van der Waals surface area contributed by atoms with Crippen molar-refractivity contribution >= 4 is 27.4 Å². The van der Waals surface area contributed by atoms with Crippen molar-refractivity contribution < 1.29 is 0 Å². The normalized spacial score (nSPS) is 11.3. The van der Waals surface area contributed by atoms with Gasteiger partial charge < -0.3 is 10.2 Å². The number of nitrogens with one attached hydrogen (secondary N) is 2. The van der Waals surface area contributed by atoms with E-state index in [1.807, 2.05) is 29.6 Å². The number of rotatable bonds is 8. The van der Waals surface area contributed by atoms with E-state index in [4.69, 9.17) is 0 Å². The molecule has 0 spiro atoms. The van der Waals surface area contributed by atoms with Crippen LogP contribution in [0.2, 0.25) is 0 Å². The van der Waals surface area contributed by atoms with Gasteiger partial charge in [0.25, 0.3) is 5.56 Å². The van der Waals surface area contributed by atoms with E-state index in [9.17, 15) is 4.79 Å². The smallest absolute Gasteiger partial charge is 0.279 e. The minimum atomic E-state index is -0.218. The van der Waals surface area contributed by atoms with Gasteiger partial charge in [-0.1, -0.05) is 32.0 Å². The summed E-state index contributed by atoms with van der Waals surface area (Å²) in [6, 6.07) is 7.99. The number of H-pyrrole nitrogens is 1. The fraction of sp³-hybridized carbons (Fsp3) is 0.389. The molecule has 0 unspecified atom stereocenters. The zero-order chi connectivity index (χ0) is 17.6. The Morgan fingerprint density at radius 1 is 1.20 bits per heavy atom. The van der Waals surface area contributed by atoms with Crippen LogP contribution in [0.1, 0.15) is 20.3 Å². The lowest BCUT2D eigenvalue weighted by atomic mass is 10.1. The Morgan fingerprint density at radius 2 is 2.00 bits per heavy atom. The monoisotopic (exact) mass is 357 g/mol. The molecule has 132 valence electrons. The van der Waals surface area contributed by atoms with Crippen molar-refractivity contribution in [2.24, 2.45) is 0 Å². The van der Waals surface area contributed by atoms with Crippen molar-refractivity contribution in [2.45, 2.75) is 20.3 Å². The van der Waals surface area contributed by atoms with Crippen molar-refractivity contribution in [2.75, 3.05) is 31.5 Å². The molecule has 0 radical (unpaired) electrons. The Kier molecular flexibility index (Phi) is 5.78. The van der Waals surface area contributed by atoms with Gasteiger partial charge in [0.2, 0.25) is 5.95 Å². The van der Waals surface area contributed by atoms with Crippen LogP contribution in [-0.2, 0) is 0 Å². The predicted molar refractivity (Wildman–Crippen MR) is 104 cm³/mol. The molecule has 6 nitrogen and oxygen atoms in total. The molecule has 0 aliphatic heterocycles. The summed E-state index contributed by atoms with van der Waals surface area (Å²) in [5.74, 6) is 0.424. The van der Waals surface area contributed by atoms with Gasteiger partial charge in [-0.3, -0.25) is 9.78 Å². The van der Waals surface area contributed by atoms with Gasteiger partial charge in [-0.05, 0) is 32.1 Å². The van der Waals surface area contributed by atoms with Crippen LogP contribution in [0.15, 0.2) is 34.4 Å². The molecule has 0 aliphatic rings. The SMILES string of the molecule is CCN(CC)CCCNc1nnc(-c2csc3ccccc23)c(=O)[nH]1. The van der Waals surface area contributed by atoms with Gasteiger partial charge in [0.1, 0.15) is 0 Å². The van der Waals surface area contributed by atoms with Crippen LogP contribution >= 0.6 is 11.3 Å². The first-order valence-corrected chi connectivity index (χ1v) is 9.50. The number of fused-ring (bicyclic) bond motifs is 1. The largest absolute Gasteiger partial charge is 0.354 e. The molecule has 0 aliphatic carbocycles. The van der Waals surface area contributed by atoms with E-state index in [-0.39, 0.29) is 5.56 Å². The number of hydrogen-bond acceptors (Lipinski definition) is 6. The number of aromatic amines is 1. The van der Waals surface area contributed by atoms with E-state index in [2.05, 4.69) is 39.2 Å². The molecule has 0 saturated heterocycles. The summed E-state index contributed by atoms with van der Waals surface area (Å²) < 4.78 is 1.14. The van der Waals surface area contributed by atoms with Crippen LogP contribution in [0.25, 0.3) is 21.3 Å². The molecule has 3 rings (SSSR count). The molecule has 2 heterocycles. The van der Waals surface area contributed by atoms with E-state index >= 15 is 0 Å². The van der Waals surface area contributed by atoms with E-state index in [0.717, 1.165) is 48.2 Å². The molecule has 2 N–H and O–H groups in total. The highest BCUT2D eigenvalue weighted by molar-refractivity contribution is 7.17. The fourth-order valence-electron chi connectivity index (χ4n) is 2.80. The molecule has 0 bridgehead atoms. The molecule has 2 aromatic heterocycles. The number of benzene rings is 1. The summed E-state index contributed by atoms with van der Waals surface area (Å²) in [5.41, 5.74) is 0.985. The Balaban J connectivity index is 1.68. The van der Waals surface area contributed by atoms with E-state index in [1.54, 1.807) is 11.3 Å². The summed E-state index contributed by atoms with van der Waals surface area (Å²) in [5, 5.41) is 14.4. The van der Waals surface area contributed by atoms with Crippen LogP contribution in [0, 0.1) is 0 Å². The second-order valence-corrected chi connectivity index (χ2v) is 6.72. The zero-order valence-corrected chi connectivity index (χ0v) is 15.4. The maximum Gasteiger partial charge on any atom is 0.279 e. The number of thiophene rings is 1. The molecule has 0 fully saturated rings. The van der Waals surface area contributed by atoms with Gasteiger partial charge in [0.05, 0.1) is 0 Å². The van der Waals surface area contributed by atoms with Gasteiger partial charge in [-0.2, -0.15) is 0 Å². The van der Waals surface area contributed by atoms with Gasteiger partial charge in [0, 0.05) is 27.6 Å². The first-order valence-electron chi connectivity index (χ1n) is 8.62. The number of anilines is 1. The molecule has 1 aromatic carbocycles. The number of aromatic nitrogens is 3. The van der Waals surface area contributed by atoms with E-state index in [0.29, 0.717) is 11.6 Å². The summed E-state index contributed by atoms with van der Waals surface area (Å²) in [6.07, 6.45) is 0.988. The summed E-state index contributed by atoms with van der Waals surface area (Å²) in [7, 11) is 0. The average Bonchev–Trinajstić information content (AvgIpc) is 3.06. The zero-order valence-electron chi connectivity index (χ0n) is 14.6. The van der Waals surface area contributed by atoms with Crippen LogP contribution < -0.4 is 10.9 Å². The van der Waals surface area contributed by atoms with Crippen molar-refractivity contribution in [3.05, 3.63) is 40.0 Å². The second-order valence-electron chi connectivity index (χ2n) is 5.80. The molecule has 0 saturated carbocycles. The minimum Gasteiger partial charge on any atom is -0.354 e. The summed E-state index contributed by atoms with van der Waals surface area (Å²) in [4.78, 5) is 17.6. The number of hydrogen-bond donors (Lipinski definition) is 2. The Hall–Kier alpha value is -2.25. The van der Waals surface area contributed by atoms with Crippen LogP contribution in [0.4, 0.5) is 5.95 Å². The topological polar surface area (TPSA) is 73.9 Å². The lowest BCUT2D eigenvalue weighted by molar-refractivity contribution is 0.303. The van der Waals surface area contributed by atoms with Gasteiger partial charge in [-0.15, -0.1) is 21.5 Å². The Morgan fingerprint density at radius 3 is 2.76 bits per heavy atom. The average molecular weight is 357 g/mol. The molecular weight excluding hydrogens is 334 g/mol. The summed E-state index contributed by atoms with van der Waals surface area (Å²) in [6.45, 7) is 8.20. The van der Waals surface area contributed by atoms with Gasteiger partial charge in [-0.25, -0.2) is 0 Å². The van der Waals surface area contributed by atoms with Crippen LogP contribution in [0.3, 0.4) is 0 Å². The second kappa shape index (κ2) is 8.22. The minimum absolute atomic E-state index is 0.218. The highest BCUT2D eigenvalue weighted by Gasteiger charge is 2.12. The van der Waals surface area contributed by atoms with Gasteiger partial charge in [0.15, 0.2) is 5.69 Å². The maximum absolute atomic E-state index is 12.4. The van der Waals surface area contributed by atoms with Crippen molar-refractivity contribution in [3.8, 4) is 11.3 Å². The third-order valence-corrected chi connectivity index (χ3v) is 5.23. The Bertz CT molecular complexity index is 884. The highest BCUT2D eigenvalue weighted by Crippen LogP contribution is 2.30. The lowest BCUT2D eigenvalue weighted by Crippen LogP contribution is -2.26. The van der Waals surface area contributed by atoms with E-state index in [1.165, 1.54) is 0 Å². The molecule has 25 heavy (non-hydrogen) atoms. The molecule has 0 amide bonds. The van der Waals surface area contributed by atoms with Crippen molar-refractivity contribution in [1.82, 2.24) is 20.1 Å². The molecule has 3 aromatic rings. The predicted octanol–water partition coefficient (Wildman–Crippen LogP) is 3.19. The third-order valence-electron chi connectivity index (χ3n) is 4.27. The van der Waals surface area contributed by atoms with Crippen LogP contribution in [-0.4, -0.2) is 46.3 Å². The fourth-order valence-corrected chi connectivity index (χ4v) is 3.75. The third kappa shape index (κ3) is 4.05. The molecule has 0 atom stereocenters. The lowest BCUT2D eigenvalue weighted by Gasteiger charge is -2.17. The summed E-state index contributed by atoms with van der Waals surface area (Å²) >= 11 is 1.60. The first-order chi connectivity index (χ1) is 12.2. The highest BCUT2D eigenvalue weighted by atomic mass is 32.1. The van der Waals surface area contributed by atoms with Crippen molar-refractivity contribution in [1.29, 1.82) is 0 Å². The molecular formula is C18H23N5OS. The molecule has 7 heteroatoms. The quantitative estimate of drug-likeness (QED) is 0.606. The van der Waals surface area contributed by atoms with Gasteiger partial charge >= 0.3 is 0 Å². The number of nitrogens with zero attached hydrogens (tertiary/aromatic N) is 3. The van der Waals surface area contributed by atoms with Crippen molar-refractivity contribution in [3.63, 3.8) is 0 Å². The van der Waals surface area contributed by atoms with E-state index < -0.39 is 0 Å². The van der Waals surface area contributed by atoms with Crippen LogP contribution in [0.5, 0.6) is 0 Å².